The Bertz CT molecular complexity index is 849. The molecule has 1 saturated heterocycles. The van der Waals surface area contributed by atoms with Crippen LogP contribution in [0.2, 0.25) is 0 Å². The van der Waals surface area contributed by atoms with Gasteiger partial charge in [-0.3, -0.25) is 9.79 Å². The third kappa shape index (κ3) is 8.59. The third-order valence-electron chi connectivity index (χ3n) is 5.34. The van der Waals surface area contributed by atoms with Gasteiger partial charge in [0.2, 0.25) is 5.91 Å². The lowest BCUT2D eigenvalue weighted by molar-refractivity contribution is -0.119. The van der Waals surface area contributed by atoms with Crippen molar-refractivity contribution in [3.8, 4) is 0 Å². The van der Waals surface area contributed by atoms with Gasteiger partial charge in [0.1, 0.15) is 0 Å². The zero-order chi connectivity index (χ0) is 22.4. The van der Waals surface area contributed by atoms with E-state index in [1.165, 1.54) is 0 Å². The molecule has 1 atom stereocenters. The Balaban J connectivity index is 0.00000480. The molecule has 176 valence electrons. The van der Waals surface area contributed by atoms with Gasteiger partial charge in [0.15, 0.2) is 15.8 Å². The van der Waals surface area contributed by atoms with Crippen molar-refractivity contribution < 1.29 is 13.2 Å². The number of primary amides is 1. The molecule has 0 radical (unpaired) electrons. The number of nitrogens with two attached hydrogens (primary N) is 1. The minimum atomic E-state index is -3.41. The Kier molecular flexibility index (Phi) is 10.7. The molecule has 7 nitrogen and oxygen atoms in total. The average molecular weight is 565 g/mol. The first-order valence-electron chi connectivity index (χ1n) is 10.7. The first kappa shape index (κ1) is 27.7. The van der Waals surface area contributed by atoms with Gasteiger partial charge >= 0.3 is 0 Å². The molecule has 1 aliphatic rings. The van der Waals surface area contributed by atoms with Crippen LogP contribution in [0, 0.1) is 5.92 Å². The van der Waals surface area contributed by atoms with E-state index in [-0.39, 0.29) is 53.5 Å². The van der Waals surface area contributed by atoms with Crippen LogP contribution in [0.25, 0.3) is 0 Å². The van der Waals surface area contributed by atoms with Gasteiger partial charge in [-0.25, -0.2) is 8.42 Å². The molecule has 1 unspecified atom stereocenters. The van der Waals surface area contributed by atoms with Crippen LogP contribution in [-0.2, 0) is 20.0 Å². The first-order chi connectivity index (χ1) is 14.0. The largest absolute Gasteiger partial charge is 0.370 e. The molecule has 0 saturated carbocycles. The zero-order valence-corrected chi connectivity index (χ0v) is 22.2. The van der Waals surface area contributed by atoms with E-state index < -0.39 is 9.84 Å². The highest BCUT2D eigenvalue weighted by Gasteiger charge is 2.24. The number of carbonyl (C=O) groups excluding carboxylic acids is 1. The molecule has 1 amide bonds. The molecular weight excluding hydrogens is 527 g/mol. The van der Waals surface area contributed by atoms with E-state index in [0.717, 1.165) is 24.9 Å². The van der Waals surface area contributed by atoms with Crippen LogP contribution in [0.1, 0.15) is 52.5 Å². The van der Waals surface area contributed by atoms with Crippen LogP contribution >= 0.6 is 24.0 Å². The third-order valence-corrected chi connectivity index (χ3v) is 7.05. The Labute approximate surface area is 204 Å². The van der Waals surface area contributed by atoms with Crippen LogP contribution in [-0.4, -0.2) is 57.1 Å². The van der Waals surface area contributed by atoms with Crippen LogP contribution < -0.4 is 11.1 Å². The summed E-state index contributed by atoms with van der Waals surface area (Å²) >= 11 is 0. The highest BCUT2D eigenvalue weighted by Crippen LogP contribution is 2.24. The maximum Gasteiger partial charge on any atom is 0.217 e. The Morgan fingerprint density at radius 2 is 1.90 bits per heavy atom. The van der Waals surface area contributed by atoms with E-state index in [1.807, 2.05) is 19.1 Å². The fourth-order valence-corrected chi connectivity index (χ4v) is 4.80. The van der Waals surface area contributed by atoms with E-state index in [2.05, 4.69) is 36.0 Å². The summed E-state index contributed by atoms with van der Waals surface area (Å²) in [6.07, 6.45) is 2.30. The molecular formula is C22H37IN4O3S. The van der Waals surface area contributed by atoms with Crippen LogP contribution in [0.15, 0.2) is 34.2 Å². The fourth-order valence-electron chi connectivity index (χ4n) is 3.69. The lowest BCUT2D eigenvalue weighted by Crippen LogP contribution is -2.47. The summed E-state index contributed by atoms with van der Waals surface area (Å²) < 4.78 is 25.5. The van der Waals surface area contributed by atoms with Gasteiger partial charge in [0.25, 0.3) is 0 Å². The predicted octanol–water partition coefficient (Wildman–Crippen LogP) is 2.93. The number of piperidine rings is 1. The number of carbonyl (C=O) groups is 1. The summed E-state index contributed by atoms with van der Waals surface area (Å²) in [6, 6.07) is 7.13. The minimum Gasteiger partial charge on any atom is -0.370 e. The summed E-state index contributed by atoms with van der Waals surface area (Å²) in [5.41, 5.74) is 6.43. The molecule has 31 heavy (non-hydrogen) atoms. The second-order valence-electron chi connectivity index (χ2n) is 8.95. The number of guanidine groups is 1. The van der Waals surface area contributed by atoms with Gasteiger partial charge < -0.3 is 16.0 Å². The number of benzene rings is 1. The van der Waals surface area contributed by atoms with Gasteiger partial charge in [-0.1, -0.05) is 32.9 Å². The number of hydrogen-bond donors (Lipinski definition) is 2. The number of halogens is 1. The van der Waals surface area contributed by atoms with Crippen LogP contribution in [0.3, 0.4) is 0 Å². The molecule has 0 bridgehead atoms. The molecule has 9 heteroatoms. The molecule has 0 aromatic heterocycles. The SMILES string of the molecule is CCNC(=NCCS(=O)(=O)c1ccc(C(C)(C)C)cc1)N1CCCC(CC(N)=O)C1.I. The van der Waals surface area contributed by atoms with Crippen LogP contribution in [0.4, 0.5) is 0 Å². The van der Waals surface area contributed by atoms with E-state index in [4.69, 9.17) is 5.73 Å². The van der Waals surface area contributed by atoms with Crippen molar-refractivity contribution in [3.05, 3.63) is 29.8 Å². The molecule has 3 N–H and O–H groups in total. The number of amides is 1. The molecule has 1 aromatic carbocycles. The summed E-state index contributed by atoms with van der Waals surface area (Å²) in [4.78, 5) is 18.2. The van der Waals surface area contributed by atoms with E-state index in [1.54, 1.807) is 12.1 Å². The van der Waals surface area contributed by atoms with E-state index >= 15 is 0 Å². The molecule has 1 aromatic rings. The van der Waals surface area contributed by atoms with Gasteiger partial charge in [-0.05, 0) is 48.8 Å². The van der Waals surface area contributed by atoms with Crippen molar-refractivity contribution in [2.45, 2.75) is 57.3 Å². The quantitative estimate of drug-likeness (QED) is 0.301. The number of sulfone groups is 1. The van der Waals surface area contributed by atoms with Gasteiger partial charge in [0.05, 0.1) is 17.2 Å². The van der Waals surface area contributed by atoms with Gasteiger partial charge in [-0.2, -0.15) is 0 Å². The molecule has 1 aliphatic heterocycles. The fraction of sp³-hybridized carbons (Fsp3) is 0.636. The average Bonchev–Trinajstić information content (AvgIpc) is 2.66. The minimum absolute atomic E-state index is 0. The van der Waals surface area contributed by atoms with Crippen molar-refractivity contribution in [2.24, 2.45) is 16.6 Å². The molecule has 0 aliphatic carbocycles. The monoisotopic (exact) mass is 564 g/mol. The normalized spacial score (nSPS) is 17.7. The Hall–Kier alpha value is -1.36. The summed E-state index contributed by atoms with van der Waals surface area (Å²) in [5.74, 6) is 0.581. The highest BCUT2D eigenvalue weighted by atomic mass is 127. The zero-order valence-electron chi connectivity index (χ0n) is 19.1. The molecule has 0 spiro atoms. The van der Waals surface area contributed by atoms with Crippen molar-refractivity contribution in [2.75, 3.05) is 31.9 Å². The second kappa shape index (κ2) is 12.0. The van der Waals surface area contributed by atoms with Crippen molar-refractivity contribution in [1.82, 2.24) is 10.2 Å². The van der Waals surface area contributed by atoms with Crippen molar-refractivity contribution in [1.29, 1.82) is 0 Å². The number of likely N-dealkylation sites (tertiary alicyclic amines) is 1. The first-order valence-corrected chi connectivity index (χ1v) is 12.3. The van der Waals surface area contributed by atoms with E-state index in [0.29, 0.717) is 30.4 Å². The van der Waals surface area contributed by atoms with Crippen molar-refractivity contribution >= 4 is 45.7 Å². The smallest absolute Gasteiger partial charge is 0.217 e. The number of hydrogen-bond acceptors (Lipinski definition) is 4. The molecule has 1 fully saturated rings. The number of nitrogens with one attached hydrogen (secondary N) is 1. The van der Waals surface area contributed by atoms with Gasteiger partial charge in [-0.15, -0.1) is 24.0 Å². The van der Waals surface area contributed by atoms with Crippen molar-refractivity contribution in [3.63, 3.8) is 0 Å². The van der Waals surface area contributed by atoms with Gasteiger partial charge in [0, 0.05) is 26.1 Å². The Morgan fingerprint density at radius 3 is 2.45 bits per heavy atom. The van der Waals surface area contributed by atoms with E-state index in [9.17, 15) is 13.2 Å². The number of rotatable bonds is 7. The predicted molar refractivity (Wildman–Crippen MR) is 137 cm³/mol. The van der Waals surface area contributed by atoms with Crippen LogP contribution in [0.5, 0.6) is 0 Å². The summed E-state index contributed by atoms with van der Waals surface area (Å²) in [5, 5.41) is 3.24. The number of aliphatic imine (C=N–C) groups is 1. The second-order valence-corrected chi connectivity index (χ2v) is 11.1. The summed E-state index contributed by atoms with van der Waals surface area (Å²) in [6.45, 7) is 10.7. The Morgan fingerprint density at radius 1 is 1.26 bits per heavy atom. The topological polar surface area (TPSA) is 105 Å². The molecule has 2 rings (SSSR count). The lowest BCUT2D eigenvalue weighted by atomic mass is 9.87. The summed E-state index contributed by atoms with van der Waals surface area (Å²) in [7, 11) is -3.41. The lowest BCUT2D eigenvalue weighted by Gasteiger charge is -2.34. The maximum atomic E-state index is 12.7. The maximum absolute atomic E-state index is 12.7. The standard InChI is InChI=1S/C22H36N4O3S.HI/c1-5-24-21(26-13-6-7-17(16-26)15-20(23)27)25-12-14-30(28,29)19-10-8-18(9-11-19)22(2,3)4;/h8-11,17H,5-7,12-16H2,1-4H3,(H2,23,27)(H,24,25);1H. The number of nitrogens with zero attached hydrogens (tertiary/aromatic N) is 2. The molecule has 1 heterocycles. The highest BCUT2D eigenvalue weighted by molar-refractivity contribution is 14.0.